The number of aromatic nitrogens is 2. The van der Waals surface area contributed by atoms with Gasteiger partial charge in [-0.05, 0) is 38.5 Å². The van der Waals surface area contributed by atoms with Crippen molar-refractivity contribution in [3.63, 3.8) is 0 Å². The van der Waals surface area contributed by atoms with Crippen molar-refractivity contribution in [1.29, 1.82) is 0 Å². The lowest BCUT2D eigenvalue weighted by molar-refractivity contribution is 0.143. The number of rotatable bonds is 2. The third kappa shape index (κ3) is 1.17. The van der Waals surface area contributed by atoms with Gasteiger partial charge in [0.15, 0.2) is 0 Å². The van der Waals surface area contributed by atoms with Crippen molar-refractivity contribution < 1.29 is 8.78 Å². The molecule has 15 heavy (non-hydrogen) atoms. The maximum absolute atomic E-state index is 12.8. The molecule has 1 fully saturated rings. The van der Waals surface area contributed by atoms with Crippen LogP contribution in [0.3, 0.4) is 0 Å². The fourth-order valence-electron chi connectivity index (χ4n) is 2.77. The number of hydrogen-bond acceptors (Lipinski definition) is 1. The highest BCUT2D eigenvalue weighted by molar-refractivity contribution is 5.42. The second-order valence-electron chi connectivity index (χ2n) is 4.89. The van der Waals surface area contributed by atoms with Crippen molar-refractivity contribution in [1.82, 2.24) is 9.78 Å². The summed E-state index contributed by atoms with van der Waals surface area (Å²) in [5, 5.41) is 4.07. The van der Waals surface area contributed by atoms with Crippen LogP contribution in [0.2, 0.25) is 0 Å². The van der Waals surface area contributed by atoms with E-state index in [2.05, 4.69) is 5.10 Å². The van der Waals surface area contributed by atoms with Gasteiger partial charge in [-0.3, -0.25) is 4.68 Å². The number of hydrogen-bond donors (Lipinski definition) is 0. The molecule has 0 bridgehead atoms. The molecule has 0 amide bonds. The van der Waals surface area contributed by atoms with Crippen molar-refractivity contribution >= 4 is 0 Å². The summed E-state index contributed by atoms with van der Waals surface area (Å²) in [7, 11) is 0. The minimum Gasteiger partial charge on any atom is -0.266 e. The zero-order chi connectivity index (χ0) is 10.7. The van der Waals surface area contributed by atoms with E-state index in [1.54, 1.807) is 4.68 Å². The molecule has 2 nitrogen and oxygen atoms in total. The molecule has 1 heterocycles. The minimum atomic E-state index is -2.42. The molecule has 0 radical (unpaired) electrons. The van der Waals surface area contributed by atoms with Gasteiger partial charge in [0.25, 0.3) is 6.43 Å². The van der Waals surface area contributed by atoms with Crippen molar-refractivity contribution in [2.45, 2.75) is 45.1 Å². The van der Waals surface area contributed by atoms with Crippen LogP contribution >= 0.6 is 0 Å². The van der Waals surface area contributed by atoms with Crippen LogP contribution in [-0.2, 0) is 6.42 Å². The zero-order valence-electron chi connectivity index (χ0n) is 8.87. The number of nitrogens with zero attached hydrogens (tertiary/aromatic N) is 2. The topological polar surface area (TPSA) is 17.8 Å². The van der Waals surface area contributed by atoms with Crippen molar-refractivity contribution in [2.75, 3.05) is 0 Å². The van der Waals surface area contributed by atoms with Gasteiger partial charge in [-0.25, -0.2) is 8.78 Å². The average molecular weight is 212 g/mol. The van der Waals surface area contributed by atoms with Crippen molar-refractivity contribution in [3.05, 3.63) is 17.0 Å². The first-order valence-electron chi connectivity index (χ1n) is 5.49. The predicted molar refractivity (Wildman–Crippen MR) is 52.1 cm³/mol. The first-order chi connectivity index (χ1) is 7.09. The second-order valence-corrected chi connectivity index (χ2v) is 4.89. The molecule has 2 aliphatic rings. The summed E-state index contributed by atoms with van der Waals surface area (Å²) >= 11 is 0. The van der Waals surface area contributed by atoms with Gasteiger partial charge in [-0.1, -0.05) is 0 Å². The quantitative estimate of drug-likeness (QED) is 0.736. The van der Waals surface area contributed by atoms with Crippen LogP contribution in [0.25, 0.3) is 0 Å². The molecule has 0 aliphatic heterocycles. The van der Waals surface area contributed by atoms with Gasteiger partial charge in [0.2, 0.25) is 0 Å². The summed E-state index contributed by atoms with van der Waals surface area (Å²) in [5.74, 6) is 1.04. The highest BCUT2D eigenvalue weighted by atomic mass is 19.3. The van der Waals surface area contributed by atoms with Crippen LogP contribution in [0.4, 0.5) is 8.78 Å². The van der Waals surface area contributed by atoms with E-state index in [0.29, 0.717) is 11.8 Å². The Morgan fingerprint density at radius 1 is 1.40 bits per heavy atom. The maximum Gasteiger partial charge on any atom is 0.282 e. The molecule has 3 rings (SSSR count). The van der Waals surface area contributed by atoms with E-state index < -0.39 is 6.43 Å². The lowest BCUT2D eigenvalue weighted by Crippen LogP contribution is -2.07. The molecule has 82 valence electrons. The zero-order valence-corrected chi connectivity index (χ0v) is 8.87. The SMILES string of the molecule is CC(C)n1nc(C(F)F)c2c1CC1CC21. The molecule has 2 atom stereocenters. The van der Waals surface area contributed by atoms with Crippen LogP contribution in [0.1, 0.15) is 55.6 Å². The molecule has 1 saturated carbocycles. The van der Waals surface area contributed by atoms with Gasteiger partial charge < -0.3 is 0 Å². The number of alkyl halides is 2. The summed E-state index contributed by atoms with van der Waals surface area (Å²) in [6, 6.07) is 0.184. The Bertz CT molecular complexity index is 409. The monoisotopic (exact) mass is 212 g/mol. The molecule has 0 N–H and O–H groups in total. The molecule has 1 aromatic heterocycles. The van der Waals surface area contributed by atoms with Crippen LogP contribution in [0.15, 0.2) is 0 Å². The average Bonchev–Trinajstić information content (AvgIpc) is 2.67. The first-order valence-corrected chi connectivity index (χ1v) is 5.49. The molecule has 2 aliphatic carbocycles. The Balaban J connectivity index is 2.13. The van der Waals surface area contributed by atoms with Gasteiger partial charge in [0.05, 0.1) is 0 Å². The van der Waals surface area contributed by atoms with E-state index in [0.717, 1.165) is 24.1 Å². The first kappa shape index (κ1) is 9.31. The third-order valence-electron chi connectivity index (χ3n) is 3.52. The Hall–Kier alpha value is -0.930. The van der Waals surface area contributed by atoms with Crippen LogP contribution in [0, 0.1) is 5.92 Å². The van der Waals surface area contributed by atoms with Gasteiger partial charge in [0, 0.05) is 17.3 Å². The molecule has 0 aromatic carbocycles. The fraction of sp³-hybridized carbons (Fsp3) is 0.727. The minimum absolute atomic E-state index is 0.0451. The van der Waals surface area contributed by atoms with Gasteiger partial charge >= 0.3 is 0 Å². The standard InChI is InChI=1S/C11H14F2N2/c1-5(2)15-8-4-6-3-7(6)9(8)10(14-15)11(12)13/h5-7,11H,3-4H2,1-2H3. The second kappa shape index (κ2) is 2.80. The highest BCUT2D eigenvalue weighted by Gasteiger charge is 2.50. The number of fused-ring (bicyclic) bond motifs is 3. The largest absolute Gasteiger partial charge is 0.282 e. The van der Waals surface area contributed by atoms with E-state index in [1.165, 1.54) is 0 Å². The fourth-order valence-corrected chi connectivity index (χ4v) is 2.77. The van der Waals surface area contributed by atoms with E-state index >= 15 is 0 Å². The van der Waals surface area contributed by atoms with Crippen LogP contribution in [-0.4, -0.2) is 9.78 Å². The lowest BCUT2D eigenvalue weighted by atomic mass is 10.1. The molecule has 2 unspecified atom stereocenters. The maximum atomic E-state index is 12.8. The third-order valence-corrected chi connectivity index (χ3v) is 3.52. The van der Waals surface area contributed by atoms with E-state index in [9.17, 15) is 8.78 Å². The van der Waals surface area contributed by atoms with Gasteiger partial charge in [-0.2, -0.15) is 5.10 Å². The van der Waals surface area contributed by atoms with Gasteiger partial charge in [0.1, 0.15) is 5.69 Å². The number of halogens is 2. The van der Waals surface area contributed by atoms with Crippen LogP contribution in [0.5, 0.6) is 0 Å². The lowest BCUT2D eigenvalue weighted by Gasteiger charge is -2.09. The Kier molecular flexibility index (Phi) is 1.74. The highest BCUT2D eigenvalue weighted by Crippen LogP contribution is 2.58. The molecule has 1 aromatic rings. The molecule has 0 spiro atoms. The summed E-state index contributed by atoms with van der Waals surface area (Å²) in [5.41, 5.74) is 1.99. The molecule has 0 saturated heterocycles. The van der Waals surface area contributed by atoms with Crippen LogP contribution < -0.4 is 0 Å². The molecular weight excluding hydrogens is 198 g/mol. The summed E-state index contributed by atoms with van der Waals surface area (Å²) in [4.78, 5) is 0. The Morgan fingerprint density at radius 2 is 2.13 bits per heavy atom. The Morgan fingerprint density at radius 3 is 2.73 bits per heavy atom. The van der Waals surface area contributed by atoms with Gasteiger partial charge in [-0.15, -0.1) is 0 Å². The Labute approximate surface area is 87.3 Å². The summed E-state index contributed by atoms with van der Waals surface area (Å²) < 4.78 is 27.4. The van der Waals surface area contributed by atoms with Crippen molar-refractivity contribution in [3.8, 4) is 0 Å². The predicted octanol–water partition coefficient (Wildman–Crippen LogP) is 3.06. The summed E-state index contributed by atoms with van der Waals surface area (Å²) in [6.45, 7) is 3.99. The van der Waals surface area contributed by atoms with E-state index in [4.69, 9.17) is 0 Å². The summed E-state index contributed by atoms with van der Waals surface area (Å²) in [6.07, 6.45) is -0.368. The smallest absolute Gasteiger partial charge is 0.266 e. The van der Waals surface area contributed by atoms with E-state index in [-0.39, 0.29) is 11.7 Å². The molecular formula is C11H14F2N2. The van der Waals surface area contributed by atoms with E-state index in [1.807, 2.05) is 13.8 Å². The van der Waals surface area contributed by atoms with Crippen molar-refractivity contribution in [2.24, 2.45) is 5.92 Å². The normalized spacial score (nSPS) is 27.3. The molecule has 4 heteroatoms.